The third kappa shape index (κ3) is 4.76. The summed E-state index contributed by atoms with van der Waals surface area (Å²) in [7, 11) is 0. The van der Waals surface area contributed by atoms with Crippen molar-refractivity contribution in [3.05, 3.63) is 77.0 Å². The van der Waals surface area contributed by atoms with E-state index in [0.29, 0.717) is 18.1 Å². The summed E-state index contributed by atoms with van der Waals surface area (Å²) in [6.07, 6.45) is 1.06. The quantitative estimate of drug-likeness (QED) is 0.712. The first-order chi connectivity index (χ1) is 12.9. The second kappa shape index (κ2) is 8.08. The normalized spacial score (nSPS) is 11.9. The maximum absolute atomic E-state index is 12.5. The number of amides is 1. The molecule has 0 aliphatic carbocycles. The van der Waals surface area contributed by atoms with Gasteiger partial charge in [-0.05, 0) is 56.5 Å². The number of benzene rings is 2. The molecular weight excluding hydrogens is 338 g/mol. The first-order valence-corrected chi connectivity index (χ1v) is 9.04. The lowest BCUT2D eigenvalue weighted by Crippen LogP contribution is -2.31. The Labute approximate surface area is 160 Å². The van der Waals surface area contributed by atoms with Crippen molar-refractivity contribution in [2.75, 3.05) is 5.32 Å². The van der Waals surface area contributed by atoms with Crippen LogP contribution in [0.3, 0.4) is 0 Å². The summed E-state index contributed by atoms with van der Waals surface area (Å²) in [4.78, 5) is 12.5. The molecule has 1 aromatic heterocycles. The zero-order valence-electron chi connectivity index (χ0n) is 16.2. The number of hydrogen-bond acceptors (Lipinski definition) is 3. The number of aromatic nitrogens is 2. The van der Waals surface area contributed by atoms with Crippen LogP contribution >= 0.6 is 0 Å². The molecule has 3 aromatic rings. The number of ether oxygens (including phenoxy) is 1. The van der Waals surface area contributed by atoms with E-state index in [1.54, 1.807) is 23.9 Å². The van der Waals surface area contributed by atoms with E-state index >= 15 is 0 Å². The lowest BCUT2D eigenvalue weighted by molar-refractivity contribution is -0.122. The Bertz CT molecular complexity index is 929. The van der Waals surface area contributed by atoms with Crippen LogP contribution in [-0.4, -0.2) is 21.8 Å². The number of anilines is 1. The van der Waals surface area contributed by atoms with Crippen LogP contribution in [0.2, 0.25) is 0 Å². The van der Waals surface area contributed by atoms with Crippen LogP contribution in [0.5, 0.6) is 5.75 Å². The highest BCUT2D eigenvalue weighted by Gasteiger charge is 2.17. The van der Waals surface area contributed by atoms with Crippen LogP contribution in [0, 0.1) is 20.8 Å². The smallest absolute Gasteiger partial charge is 0.266 e. The van der Waals surface area contributed by atoms with Gasteiger partial charge in [-0.3, -0.25) is 4.79 Å². The lowest BCUT2D eigenvalue weighted by Gasteiger charge is -2.16. The van der Waals surface area contributed by atoms with Crippen molar-refractivity contribution < 1.29 is 9.53 Å². The Hall–Kier alpha value is -3.08. The van der Waals surface area contributed by atoms with Gasteiger partial charge in [0.05, 0.1) is 12.7 Å². The van der Waals surface area contributed by atoms with E-state index in [-0.39, 0.29) is 5.91 Å². The summed E-state index contributed by atoms with van der Waals surface area (Å²) in [5, 5.41) is 7.22. The van der Waals surface area contributed by atoms with Gasteiger partial charge in [-0.1, -0.05) is 35.9 Å². The second-order valence-electron chi connectivity index (χ2n) is 6.86. The average Bonchev–Trinajstić information content (AvgIpc) is 3.07. The Morgan fingerprint density at radius 1 is 1.07 bits per heavy atom. The maximum atomic E-state index is 12.5. The van der Waals surface area contributed by atoms with E-state index in [9.17, 15) is 4.79 Å². The topological polar surface area (TPSA) is 56.2 Å². The minimum Gasteiger partial charge on any atom is -0.481 e. The molecule has 0 spiro atoms. The van der Waals surface area contributed by atoms with Gasteiger partial charge in [0.15, 0.2) is 6.10 Å². The van der Waals surface area contributed by atoms with E-state index in [0.717, 1.165) is 11.1 Å². The van der Waals surface area contributed by atoms with Crippen molar-refractivity contribution in [2.45, 2.75) is 40.3 Å². The highest BCUT2D eigenvalue weighted by molar-refractivity contribution is 5.93. The van der Waals surface area contributed by atoms with Crippen LogP contribution in [0.4, 0.5) is 5.82 Å². The molecule has 0 saturated carbocycles. The predicted molar refractivity (Wildman–Crippen MR) is 107 cm³/mol. The first kappa shape index (κ1) is 18.7. The van der Waals surface area contributed by atoms with Gasteiger partial charge < -0.3 is 10.1 Å². The average molecular weight is 363 g/mol. The van der Waals surface area contributed by atoms with Crippen LogP contribution in [0.25, 0.3) is 0 Å². The van der Waals surface area contributed by atoms with Gasteiger partial charge in [0.2, 0.25) is 0 Å². The summed E-state index contributed by atoms with van der Waals surface area (Å²) < 4.78 is 7.56. The molecule has 0 aliphatic heterocycles. The van der Waals surface area contributed by atoms with E-state index in [4.69, 9.17) is 4.74 Å². The zero-order valence-corrected chi connectivity index (χ0v) is 16.2. The molecule has 5 nitrogen and oxygen atoms in total. The molecule has 27 heavy (non-hydrogen) atoms. The molecule has 140 valence electrons. The summed E-state index contributed by atoms with van der Waals surface area (Å²) >= 11 is 0. The SMILES string of the molecule is Cc1ccc(Cn2nccc2NC(=O)[C@H](C)Oc2ccc(C)c(C)c2)cc1. The lowest BCUT2D eigenvalue weighted by atomic mass is 10.1. The maximum Gasteiger partial charge on any atom is 0.266 e. The van der Waals surface area contributed by atoms with Crippen LogP contribution in [0.15, 0.2) is 54.7 Å². The van der Waals surface area contributed by atoms with E-state index in [2.05, 4.69) is 41.6 Å². The summed E-state index contributed by atoms with van der Waals surface area (Å²) in [5.41, 5.74) is 4.67. The minimum absolute atomic E-state index is 0.209. The van der Waals surface area contributed by atoms with Crippen molar-refractivity contribution in [3.8, 4) is 5.75 Å². The molecule has 0 unspecified atom stereocenters. The molecule has 0 bridgehead atoms. The standard InChI is InChI=1S/C22H25N3O2/c1-15-5-8-19(9-6-15)14-25-21(11-12-23-25)24-22(26)18(4)27-20-10-7-16(2)17(3)13-20/h5-13,18H,14H2,1-4H3,(H,24,26)/t18-/m0/s1. The number of aryl methyl sites for hydroxylation is 3. The molecule has 0 saturated heterocycles. The summed E-state index contributed by atoms with van der Waals surface area (Å²) in [5.74, 6) is 1.13. The molecule has 1 heterocycles. The minimum atomic E-state index is -0.616. The van der Waals surface area contributed by atoms with Crippen molar-refractivity contribution in [3.63, 3.8) is 0 Å². The number of nitrogens with one attached hydrogen (secondary N) is 1. The summed E-state index contributed by atoms with van der Waals surface area (Å²) in [6.45, 7) is 8.46. The highest BCUT2D eigenvalue weighted by atomic mass is 16.5. The molecule has 3 rings (SSSR count). The monoisotopic (exact) mass is 363 g/mol. The number of hydrogen-bond donors (Lipinski definition) is 1. The Morgan fingerprint density at radius 2 is 1.81 bits per heavy atom. The van der Waals surface area contributed by atoms with Gasteiger partial charge in [-0.25, -0.2) is 4.68 Å². The molecule has 0 aliphatic rings. The van der Waals surface area contributed by atoms with Crippen molar-refractivity contribution in [1.82, 2.24) is 9.78 Å². The van der Waals surface area contributed by atoms with Gasteiger partial charge in [-0.2, -0.15) is 5.10 Å². The Balaban J connectivity index is 1.64. The molecule has 0 fully saturated rings. The third-order valence-corrected chi connectivity index (χ3v) is 4.58. The molecule has 2 aromatic carbocycles. The van der Waals surface area contributed by atoms with Gasteiger partial charge in [0.25, 0.3) is 5.91 Å². The number of carbonyl (C=O) groups excluding carboxylic acids is 1. The number of carbonyl (C=O) groups is 1. The largest absolute Gasteiger partial charge is 0.481 e. The Kier molecular flexibility index (Phi) is 5.60. The third-order valence-electron chi connectivity index (χ3n) is 4.58. The molecule has 5 heteroatoms. The van der Waals surface area contributed by atoms with Crippen LogP contribution in [-0.2, 0) is 11.3 Å². The molecule has 0 radical (unpaired) electrons. The van der Waals surface area contributed by atoms with Gasteiger partial charge in [0.1, 0.15) is 11.6 Å². The Morgan fingerprint density at radius 3 is 2.52 bits per heavy atom. The first-order valence-electron chi connectivity index (χ1n) is 9.04. The molecule has 1 atom stereocenters. The van der Waals surface area contributed by atoms with Gasteiger partial charge in [0, 0.05) is 6.07 Å². The predicted octanol–water partition coefficient (Wildman–Crippen LogP) is 4.26. The van der Waals surface area contributed by atoms with E-state index < -0.39 is 6.10 Å². The van der Waals surface area contributed by atoms with Crippen molar-refractivity contribution in [2.24, 2.45) is 0 Å². The fraction of sp³-hybridized carbons (Fsp3) is 0.273. The fourth-order valence-electron chi connectivity index (χ4n) is 2.70. The van der Waals surface area contributed by atoms with Gasteiger partial charge in [-0.15, -0.1) is 0 Å². The second-order valence-corrected chi connectivity index (χ2v) is 6.86. The van der Waals surface area contributed by atoms with Crippen LogP contribution in [0.1, 0.15) is 29.2 Å². The molecule has 1 N–H and O–H groups in total. The van der Waals surface area contributed by atoms with Crippen LogP contribution < -0.4 is 10.1 Å². The van der Waals surface area contributed by atoms with Crippen molar-refractivity contribution in [1.29, 1.82) is 0 Å². The zero-order chi connectivity index (χ0) is 19.4. The van der Waals surface area contributed by atoms with E-state index in [1.807, 2.05) is 32.0 Å². The molecule has 1 amide bonds. The fourth-order valence-corrected chi connectivity index (χ4v) is 2.70. The molecular formula is C22H25N3O2. The summed E-state index contributed by atoms with van der Waals surface area (Å²) in [6, 6.07) is 15.9. The highest BCUT2D eigenvalue weighted by Crippen LogP contribution is 2.18. The van der Waals surface area contributed by atoms with E-state index in [1.165, 1.54) is 11.1 Å². The number of rotatable bonds is 6. The van der Waals surface area contributed by atoms with Gasteiger partial charge >= 0.3 is 0 Å². The number of nitrogens with zero attached hydrogens (tertiary/aromatic N) is 2. The van der Waals surface area contributed by atoms with Crippen molar-refractivity contribution >= 4 is 11.7 Å².